The van der Waals surface area contributed by atoms with Crippen LogP contribution >= 0.6 is 11.6 Å². The first kappa shape index (κ1) is 12.4. The third-order valence-electron chi connectivity index (χ3n) is 3.81. The summed E-state index contributed by atoms with van der Waals surface area (Å²) in [6.45, 7) is 0. The van der Waals surface area contributed by atoms with Crippen molar-refractivity contribution in [1.29, 1.82) is 0 Å². The van der Waals surface area contributed by atoms with E-state index < -0.39 is 0 Å². The van der Waals surface area contributed by atoms with Crippen LogP contribution in [0, 0.1) is 0 Å². The Morgan fingerprint density at radius 1 is 0.857 bits per heavy atom. The summed E-state index contributed by atoms with van der Waals surface area (Å²) in [6, 6.07) is 18.8. The van der Waals surface area contributed by atoms with E-state index in [4.69, 9.17) is 11.6 Å². The highest BCUT2D eigenvalue weighted by Gasteiger charge is 2.17. The highest BCUT2D eigenvalue weighted by atomic mass is 35.5. The predicted molar refractivity (Wildman–Crippen MR) is 87.2 cm³/mol. The molecule has 3 aromatic rings. The number of anilines is 2. The molecule has 1 aromatic heterocycles. The Morgan fingerprint density at radius 3 is 2.57 bits per heavy atom. The maximum atomic E-state index is 5.91. The van der Waals surface area contributed by atoms with E-state index >= 15 is 0 Å². The molecule has 0 fully saturated rings. The fourth-order valence-corrected chi connectivity index (χ4v) is 3.04. The number of benzene rings is 2. The summed E-state index contributed by atoms with van der Waals surface area (Å²) in [4.78, 5) is 3.99. The molecule has 102 valence electrons. The zero-order valence-corrected chi connectivity index (χ0v) is 12.1. The zero-order valence-electron chi connectivity index (χ0n) is 11.3. The van der Waals surface area contributed by atoms with Gasteiger partial charge in [0.2, 0.25) is 0 Å². The van der Waals surface area contributed by atoms with E-state index in [2.05, 4.69) is 52.8 Å². The highest BCUT2D eigenvalue weighted by Crippen LogP contribution is 2.38. The molecule has 0 saturated carbocycles. The Balaban J connectivity index is 1.67. The summed E-state index contributed by atoms with van der Waals surface area (Å²) >= 11 is 5.91. The van der Waals surface area contributed by atoms with Crippen LogP contribution < -0.4 is 5.32 Å². The molecular formula is C18H13ClN2. The van der Waals surface area contributed by atoms with E-state index in [-0.39, 0.29) is 0 Å². The van der Waals surface area contributed by atoms with Gasteiger partial charge >= 0.3 is 0 Å². The summed E-state index contributed by atoms with van der Waals surface area (Å²) in [5.74, 6) is 0. The number of pyridine rings is 1. The van der Waals surface area contributed by atoms with Gasteiger partial charge in [-0.25, -0.2) is 4.98 Å². The van der Waals surface area contributed by atoms with Gasteiger partial charge in [-0.2, -0.15) is 0 Å². The first-order valence-corrected chi connectivity index (χ1v) is 7.27. The van der Waals surface area contributed by atoms with Crippen molar-refractivity contribution in [3.05, 3.63) is 77.1 Å². The van der Waals surface area contributed by atoms with Gasteiger partial charge in [-0.15, -0.1) is 0 Å². The minimum atomic E-state index is 0.494. The summed E-state index contributed by atoms with van der Waals surface area (Å²) in [6.07, 6.45) is 2.70. The van der Waals surface area contributed by atoms with Crippen molar-refractivity contribution in [2.45, 2.75) is 6.42 Å². The van der Waals surface area contributed by atoms with Crippen LogP contribution in [0.4, 0.5) is 11.4 Å². The lowest BCUT2D eigenvalue weighted by molar-refractivity contribution is 1.26. The average Bonchev–Trinajstić information content (AvgIpc) is 2.85. The van der Waals surface area contributed by atoms with E-state index in [0.29, 0.717) is 5.15 Å². The van der Waals surface area contributed by atoms with Crippen molar-refractivity contribution in [2.75, 3.05) is 5.32 Å². The second-order valence-corrected chi connectivity index (χ2v) is 5.59. The minimum Gasteiger partial charge on any atom is -0.355 e. The van der Waals surface area contributed by atoms with Crippen molar-refractivity contribution >= 4 is 23.0 Å². The van der Waals surface area contributed by atoms with Crippen LogP contribution in [0.25, 0.3) is 11.1 Å². The number of rotatable bonds is 2. The zero-order chi connectivity index (χ0) is 14.2. The smallest absolute Gasteiger partial charge is 0.131 e. The number of hydrogen-bond acceptors (Lipinski definition) is 2. The predicted octanol–water partition coefficient (Wildman–Crippen LogP) is 5.05. The van der Waals surface area contributed by atoms with Crippen molar-refractivity contribution < 1.29 is 0 Å². The van der Waals surface area contributed by atoms with Gasteiger partial charge in [0.25, 0.3) is 0 Å². The molecule has 4 rings (SSSR count). The molecule has 0 bridgehead atoms. The van der Waals surface area contributed by atoms with Gasteiger partial charge in [-0.3, -0.25) is 0 Å². The molecule has 1 aliphatic carbocycles. The van der Waals surface area contributed by atoms with E-state index in [9.17, 15) is 0 Å². The second kappa shape index (κ2) is 4.90. The van der Waals surface area contributed by atoms with Gasteiger partial charge < -0.3 is 5.32 Å². The Hall–Kier alpha value is -2.32. The molecule has 0 amide bonds. The van der Waals surface area contributed by atoms with Gasteiger partial charge in [-0.05, 0) is 52.9 Å². The maximum Gasteiger partial charge on any atom is 0.131 e. The molecule has 0 radical (unpaired) electrons. The van der Waals surface area contributed by atoms with E-state index in [1.165, 1.54) is 22.3 Å². The van der Waals surface area contributed by atoms with Crippen LogP contribution in [0.2, 0.25) is 5.15 Å². The summed E-state index contributed by atoms with van der Waals surface area (Å²) in [5.41, 5.74) is 7.47. The van der Waals surface area contributed by atoms with Gasteiger partial charge in [0, 0.05) is 17.6 Å². The molecule has 1 aliphatic rings. The fraction of sp³-hybridized carbons (Fsp3) is 0.0556. The van der Waals surface area contributed by atoms with Crippen molar-refractivity contribution in [1.82, 2.24) is 4.98 Å². The number of halogens is 1. The average molecular weight is 293 g/mol. The Kier molecular flexibility index (Phi) is 2.90. The molecule has 0 unspecified atom stereocenters. The molecule has 21 heavy (non-hydrogen) atoms. The van der Waals surface area contributed by atoms with Crippen LogP contribution in [-0.2, 0) is 6.42 Å². The molecule has 1 heterocycles. The molecule has 3 heteroatoms. The number of hydrogen-bond donors (Lipinski definition) is 1. The standard InChI is InChI=1S/C18H13ClN2/c19-18-11-15(7-8-20-18)21-14-5-6-17-13(10-14)9-12-3-1-2-4-16(12)17/h1-8,10-11H,9H2,(H,20,21). The molecule has 0 saturated heterocycles. The lowest BCUT2D eigenvalue weighted by Gasteiger charge is -2.08. The largest absolute Gasteiger partial charge is 0.355 e. The molecule has 2 nitrogen and oxygen atoms in total. The normalized spacial score (nSPS) is 11.9. The summed E-state index contributed by atoms with van der Waals surface area (Å²) in [5, 5.41) is 3.87. The van der Waals surface area contributed by atoms with Crippen LogP contribution in [0.5, 0.6) is 0 Å². The summed E-state index contributed by atoms with van der Waals surface area (Å²) in [7, 11) is 0. The van der Waals surface area contributed by atoms with E-state index in [1.54, 1.807) is 6.20 Å². The van der Waals surface area contributed by atoms with Gasteiger partial charge in [0.15, 0.2) is 0 Å². The lowest BCUT2D eigenvalue weighted by atomic mass is 10.1. The van der Waals surface area contributed by atoms with E-state index in [0.717, 1.165) is 17.8 Å². The first-order valence-electron chi connectivity index (χ1n) is 6.89. The van der Waals surface area contributed by atoms with E-state index in [1.807, 2.05) is 12.1 Å². The van der Waals surface area contributed by atoms with Crippen LogP contribution in [0.3, 0.4) is 0 Å². The Labute approximate surface area is 128 Å². The van der Waals surface area contributed by atoms with Gasteiger partial charge in [0.05, 0.1) is 0 Å². The molecular weight excluding hydrogens is 280 g/mol. The van der Waals surface area contributed by atoms with Crippen LogP contribution in [0.1, 0.15) is 11.1 Å². The SMILES string of the molecule is Clc1cc(Nc2ccc3c(c2)Cc2ccccc2-3)ccn1. The number of aromatic nitrogens is 1. The Bertz CT molecular complexity index is 827. The first-order chi connectivity index (χ1) is 10.3. The number of nitrogens with zero attached hydrogens (tertiary/aromatic N) is 1. The van der Waals surface area contributed by atoms with Gasteiger partial charge in [-0.1, -0.05) is 41.9 Å². The quantitative estimate of drug-likeness (QED) is 0.523. The topological polar surface area (TPSA) is 24.9 Å². The maximum absolute atomic E-state index is 5.91. The van der Waals surface area contributed by atoms with Crippen molar-refractivity contribution in [3.8, 4) is 11.1 Å². The third kappa shape index (κ3) is 2.28. The third-order valence-corrected chi connectivity index (χ3v) is 4.02. The minimum absolute atomic E-state index is 0.494. The molecule has 0 atom stereocenters. The Morgan fingerprint density at radius 2 is 1.67 bits per heavy atom. The molecule has 1 N–H and O–H groups in total. The van der Waals surface area contributed by atoms with Crippen molar-refractivity contribution in [2.24, 2.45) is 0 Å². The van der Waals surface area contributed by atoms with Crippen molar-refractivity contribution in [3.63, 3.8) is 0 Å². The molecule has 2 aromatic carbocycles. The molecule has 0 aliphatic heterocycles. The molecule has 0 spiro atoms. The highest BCUT2D eigenvalue weighted by molar-refractivity contribution is 6.29. The number of nitrogens with one attached hydrogen (secondary N) is 1. The van der Waals surface area contributed by atoms with Crippen LogP contribution in [0.15, 0.2) is 60.8 Å². The second-order valence-electron chi connectivity index (χ2n) is 5.20. The van der Waals surface area contributed by atoms with Crippen LogP contribution in [-0.4, -0.2) is 4.98 Å². The summed E-state index contributed by atoms with van der Waals surface area (Å²) < 4.78 is 0. The lowest BCUT2D eigenvalue weighted by Crippen LogP contribution is -1.92. The number of fused-ring (bicyclic) bond motifs is 3. The van der Waals surface area contributed by atoms with Gasteiger partial charge in [0.1, 0.15) is 5.15 Å². The fourth-order valence-electron chi connectivity index (χ4n) is 2.87. The monoisotopic (exact) mass is 292 g/mol.